The molecule has 1 aromatic heterocycles. The number of nitrogens with zero attached hydrogens (tertiary/aromatic N) is 2. The average molecular weight is 335 g/mol. The van der Waals surface area contributed by atoms with Crippen molar-refractivity contribution in [1.82, 2.24) is 9.78 Å². The predicted molar refractivity (Wildman–Crippen MR) is 88.5 cm³/mol. The van der Waals surface area contributed by atoms with Crippen molar-refractivity contribution in [1.29, 1.82) is 0 Å². The molecule has 3 aromatic rings. The van der Waals surface area contributed by atoms with E-state index in [1.807, 2.05) is 26.0 Å². The van der Waals surface area contributed by atoms with Gasteiger partial charge in [0.05, 0.1) is 21.4 Å². The Morgan fingerprint density at radius 2 is 1.64 bits per heavy atom. The van der Waals surface area contributed by atoms with Crippen LogP contribution in [-0.2, 0) is 0 Å². The Labute approximate surface area is 138 Å². The van der Waals surface area contributed by atoms with Gasteiger partial charge in [0.15, 0.2) is 0 Å². The Morgan fingerprint density at radius 1 is 0.955 bits per heavy atom. The van der Waals surface area contributed by atoms with E-state index in [9.17, 15) is 4.39 Å². The van der Waals surface area contributed by atoms with Crippen LogP contribution in [0.3, 0.4) is 0 Å². The third kappa shape index (κ3) is 2.62. The maximum absolute atomic E-state index is 13.1. The van der Waals surface area contributed by atoms with Gasteiger partial charge in [-0.3, -0.25) is 0 Å². The van der Waals surface area contributed by atoms with Crippen molar-refractivity contribution in [2.45, 2.75) is 13.8 Å². The molecule has 2 nitrogen and oxygen atoms in total. The summed E-state index contributed by atoms with van der Waals surface area (Å²) in [5.74, 6) is -0.269. The van der Waals surface area contributed by atoms with Crippen LogP contribution in [-0.4, -0.2) is 9.78 Å². The van der Waals surface area contributed by atoms with Gasteiger partial charge in [-0.15, -0.1) is 0 Å². The number of benzene rings is 2. The molecule has 0 aliphatic rings. The SMILES string of the molecule is Cc1nn(-c2ccc(F)cc2)c(C)c1-c1ccc(Cl)c(Cl)c1. The molecule has 22 heavy (non-hydrogen) atoms. The molecule has 0 saturated carbocycles. The molecule has 0 aliphatic heterocycles. The van der Waals surface area contributed by atoms with E-state index >= 15 is 0 Å². The first-order chi connectivity index (χ1) is 10.5. The molecular weight excluding hydrogens is 322 g/mol. The van der Waals surface area contributed by atoms with Gasteiger partial charge in [0.25, 0.3) is 0 Å². The van der Waals surface area contributed by atoms with Gasteiger partial charge in [-0.05, 0) is 55.8 Å². The zero-order valence-electron chi connectivity index (χ0n) is 12.1. The lowest BCUT2D eigenvalue weighted by molar-refractivity contribution is 0.627. The fraction of sp³-hybridized carbons (Fsp3) is 0.118. The topological polar surface area (TPSA) is 17.8 Å². The maximum atomic E-state index is 13.1. The smallest absolute Gasteiger partial charge is 0.123 e. The van der Waals surface area contributed by atoms with Crippen LogP contribution in [0.2, 0.25) is 10.0 Å². The summed E-state index contributed by atoms with van der Waals surface area (Å²) in [5.41, 5.74) is 4.61. The lowest BCUT2D eigenvalue weighted by atomic mass is 10.0. The van der Waals surface area contributed by atoms with Crippen molar-refractivity contribution >= 4 is 23.2 Å². The highest BCUT2D eigenvalue weighted by Gasteiger charge is 2.15. The molecular formula is C17H13Cl2FN2. The lowest BCUT2D eigenvalue weighted by Crippen LogP contribution is -1.99. The van der Waals surface area contributed by atoms with Crippen molar-refractivity contribution in [2.24, 2.45) is 0 Å². The van der Waals surface area contributed by atoms with Crippen molar-refractivity contribution in [3.8, 4) is 16.8 Å². The van der Waals surface area contributed by atoms with Crippen LogP contribution >= 0.6 is 23.2 Å². The van der Waals surface area contributed by atoms with Crippen LogP contribution in [0, 0.1) is 19.7 Å². The number of aromatic nitrogens is 2. The minimum absolute atomic E-state index is 0.269. The van der Waals surface area contributed by atoms with Crippen molar-refractivity contribution in [3.05, 3.63) is 69.7 Å². The Morgan fingerprint density at radius 3 is 2.27 bits per heavy atom. The van der Waals surface area contributed by atoms with Crippen LogP contribution in [0.5, 0.6) is 0 Å². The largest absolute Gasteiger partial charge is 0.237 e. The van der Waals surface area contributed by atoms with Gasteiger partial charge in [-0.2, -0.15) is 5.10 Å². The number of rotatable bonds is 2. The fourth-order valence-electron chi connectivity index (χ4n) is 2.55. The van der Waals surface area contributed by atoms with Gasteiger partial charge in [0.1, 0.15) is 5.82 Å². The zero-order chi connectivity index (χ0) is 15.9. The van der Waals surface area contributed by atoms with Crippen LogP contribution in [0.25, 0.3) is 16.8 Å². The molecule has 0 N–H and O–H groups in total. The van der Waals surface area contributed by atoms with Gasteiger partial charge in [0, 0.05) is 11.3 Å². The van der Waals surface area contributed by atoms with Crippen LogP contribution in [0.15, 0.2) is 42.5 Å². The molecule has 112 valence electrons. The Bertz CT molecular complexity index is 839. The monoisotopic (exact) mass is 334 g/mol. The minimum atomic E-state index is -0.269. The summed E-state index contributed by atoms with van der Waals surface area (Å²) in [6, 6.07) is 11.8. The van der Waals surface area contributed by atoms with E-state index in [4.69, 9.17) is 23.2 Å². The van der Waals surface area contributed by atoms with Crippen LogP contribution < -0.4 is 0 Å². The second kappa shape index (κ2) is 5.75. The summed E-state index contributed by atoms with van der Waals surface area (Å²) in [4.78, 5) is 0. The molecule has 0 unspecified atom stereocenters. The lowest BCUT2D eigenvalue weighted by Gasteiger charge is -2.06. The normalized spacial score (nSPS) is 11.0. The first kappa shape index (κ1) is 15.1. The van der Waals surface area contributed by atoms with Gasteiger partial charge >= 0.3 is 0 Å². The molecule has 0 atom stereocenters. The highest BCUT2D eigenvalue weighted by Crippen LogP contribution is 2.33. The van der Waals surface area contributed by atoms with E-state index in [2.05, 4.69) is 5.10 Å². The molecule has 0 spiro atoms. The number of aryl methyl sites for hydroxylation is 1. The van der Waals surface area contributed by atoms with Gasteiger partial charge in [-0.25, -0.2) is 9.07 Å². The number of hydrogen-bond donors (Lipinski definition) is 0. The maximum Gasteiger partial charge on any atom is 0.123 e. The fourth-order valence-corrected chi connectivity index (χ4v) is 2.84. The summed E-state index contributed by atoms with van der Waals surface area (Å²) in [7, 11) is 0. The molecule has 0 radical (unpaired) electrons. The first-order valence-corrected chi connectivity index (χ1v) is 7.50. The predicted octanol–water partition coefficient (Wildman–Crippen LogP) is 5.60. The van der Waals surface area contributed by atoms with Gasteiger partial charge < -0.3 is 0 Å². The molecule has 0 aliphatic carbocycles. The summed E-state index contributed by atoms with van der Waals surface area (Å²) in [5, 5.41) is 5.58. The van der Waals surface area contributed by atoms with Gasteiger partial charge in [0.2, 0.25) is 0 Å². The number of hydrogen-bond acceptors (Lipinski definition) is 1. The van der Waals surface area contributed by atoms with Crippen molar-refractivity contribution < 1.29 is 4.39 Å². The Balaban J connectivity index is 2.14. The van der Waals surface area contributed by atoms with E-state index in [1.54, 1.807) is 22.9 Å². The van der Waals surface area contributed by atoms with E-state index in [1.165, 1.54) is 12.1 Å². The zero-order valence-corrected chi connectivity index (χ0v) is 13.6. The number of halogens is 3. The minimum Gasteiger partial charge on any atom is -0.237 e. The molecule has 0 amide bonds. The standard InChI is InChI=1S/C17H13Cl2FN2/c1-10-17(12-3-8-15(18)16(19)9-12)11(2)22(21-10)14-6-4-13(20)5-7-14/h3-9H,1-2H3. The second-order valence-electron chi connectivity index (χ2n) is 5.06. The third-order valence-corrected chi connectivity index (χ3v) is 4.31. The molecule has 0 bridgehead atoms. The summed E-state index contributed by atoms with van der Waals surface area (Å²) >= 11 is 12.1. The van der Waals surface area contributed by atoms with Crippen LogP contribution in [0.1, 0.15) is 11.4 Å². The Hall–Kier alpha value is -1.84. The van der Waals surface area contributed by atoms with Crippen molar-refractivity contribution in [3.63, 3.8) is 0 Å². The first-order valence-electron chi connectivity index (χ1n) is 6.75. The third-order valence-electron chi connectivity index (χ3n) is 3.57. The molecule has 3 rings (SSSR count). The molecule has 0 fully saturated rings. The summed E-state index contributed by atoms with van der Waals surface area (Å²) < 4.78 is 14.9. The quantitative estimate of drug-likeness (QED) is 0.596. The second-order valence-corrected chi connectivity index (χ2v) is 5.88. The highest BCUT2D eigenvalue weighted by molar-refractivity contribution is 6.42. The molecule has 0 saturated heterocycles. The molecule has 1 heterocycles. The van der Waals surface area contributed by atoms with E-state index in [0.717, 1.165) is 28.2 Å². The van der Waals surface area contributed by atoms with E-state index in [-0.39, 0.29) is 5.82 Å². The van der Waals surface area contributed by atoms with E-state index < -0.39 is 0 Å². The molecule has 2 aromatic carbocycles. The van der Waals surface area contributed by atoms with Crippen LogP contribution in [0.4, 0.5) is 4.39 Å². The summed E-state index contributed by atoms with van der Waals surface area (Å²) in [6.07, 6.45) is 0. The van der Waals surface area contributed by atoms with E-state index in [0.29, 0.717) is 10.0 Å². The highest BCUT2D eigenvalue weighted by atomic mass is 35.5. The molecule has 5 heteroatoms. The van der Waals surface area contributed by atoms with Gasteiger partial charge in [-0.1, -0.05) is 29.3 Å². The average Bonchev–Trinajstić information content (AvgIpc) is 2.78. The van der Waals surface area contributed by atoms with Crippen molar-refractivity contribution in [2.75, 3.05) is 0 Å². The summed E-state index contributed by atoms with van der Waals surface area (Å²) in [6.45, 7) is 3.91. The Kier molecular flexibility index (Phi) is 3.94.